The molecule has 96 valence electrons. The van der Waals surface area contributed by atoms with Crippen LogP contribution in [0.15, 0.2) is 30.3 Å². The summed E-state index contributed by atoms with van der Waals surface area (Å²) in [5.41, 5.74) is 3.84. The molecule has 0 aromatic heterocycles. The van der Waals surface area contributed by atoms with Gasteiger partial charge in [0.05, 0.1) is 6.61 Å². The zero-order valence-electron chi connectivity index (χ0n) is 12.0. The van der Waals surface area contributed by atoms with Crippen molar-refractivity contribution in [3.8, 4) is 0 Å². The summed E-state index contributed by atoms with van der Waals surface area (Å²) in [7, 11) is 0. The fraction of sp³-hybridized carbons (Fsp3) is 0.500. The molecule has 0 aliphatic rings. The fourth-order valence-corrected chi connectivity index (χ4v) is 1.49. The summed E-state index contributed by atoms with van der Waals surface area (Å²) in [6.45, 7) is 12.7. The van der Waals surface area contributed by atoms with E-state index >= 15 is 0 Å². The number of rotatable bonds is 2. The van der Waals surface area contributed by atoms with Crippen LogP contribution in [0.4, 0.5) is 0 Å². The van der Waals surface area contributed by atoms with E-state index in [-0.39, 0.29) is 12.0 Å². The Morgan fingerprint density at radius 2 is 1.59 bits per heavy atom. The van der Waals surface area contributed by atoms with Gasteiger partial charge in [0.2, 0.25) is 0 Å². The van der Waals surface area contributed by atoms with Crippen LogP contribution in [-0.4, -0.2) is 11.7 Å². The first-order valence-corrected chi connectivity index (χ1v) is 6.33. The molecule has 0 aliphatic carbocycles. The molecule has 0 atom stereocenters. The molecule has 0 spiro atoms. The Morgan fingerprint density at radius 3 is 1.94 bits per heavy atom. The maximum Gasteiger partial charge on any atom is 0.0618 e. The molecule has 1 aromatic rings. The van der Waals surface area contributed by atoms with E-state index < -0.39 is 0 Å². The fourth-order valence-electron chi connectivity index (χ4n) is 1.49. The van der Waals surface area contributed by atoms with E-state index in [2.05, 4.69) is 45.0 Å². The van der Waals surface area contributed by atoms with E-state index in [4.69, 9.17) is 5.11 Å². The van der Waals surface area contributed by atoms with E-state index in [0.29, 0.717) is 0 Å². The summed E-state index contributed by atoms with van der Waals surface area (Å²) >= 11 is 0. The van der Waals surface area contributed by atoms with Gasteiger partial charge < -0.3 is 5.11 Å². The van der Waals surface area contributed by atoms with Crippen LogP contribution in [0.3, 0.4) is 0 Å². The van der Waals surface area contributed by atoms with Gasteiger partial charge in [0, 0.05) is 0 Å². The third kappa shape index (κ3) is 5.18. The first-order valence-electron chi connectivity index (χ1n) is 6.33. The molecule has 0 unspecified atom stereocenters. The highest BCUT2D eigenvalue weighted by Crippen LogP contribution is 2.23. The summed E-state index contributed by atoms with van der Waals surface area (Å²) in [5, 5.41) is 8.81. The lowest BCUT2D eigenvalue weighted by Crippen LogP contribution is -2.10. The van der Waals surface area contributed by atoms with Crippen molar-refractivity contribution in [2.24, 2.45) is 0 Å². The largest absolute Gasteiger partial charge is 0.392 e. The highest BCUT2D eigenvalue weighted by molar-refractivity contribution is 5.63. The predicted molar refractivity (Wildman–Crippen MR) is 77.2 cm³/mol. The molecule has 0 bridgehead atoms. The third-order valence-electron chi connectivity index (χ3n) is 2.60. The smallest absolute Gasteiger partial charge is 0.0618 e. The van der Waals surface area contributed by atoms with Crippen LogP contribution in [0.25, 0.3) is 5.57 Å². The summed E-state index contributed by atoms with van der Waals surface area (Å²) in [4.78, 5) is 0. The van der Waals surface area contributed by atoms with E-state index in [0.717, 1.165) is 5.57 Å². The quantitative estimate of drug-likeness (QED) is 0.804. The zero-order chi connectivity index (χ0) is 13.5. The van der Waals surface area contributed by atoms with Crippen LogP contribution in [0.2, 0.25) is 0 Å². The van der Waals surface area contributed by atoms with Gasteiger partial charge >= 0.3 is 0 Å². The highest BCUT2D eigenvalue weighted by atomic mass is 16.2. The van der Waals surface area contributed by atoms with Gasteiger partial charge in [-0.2, -0.15) is 0 Å². The van der Waals surface area contributed by atoms with Crippen LogP contribution in [0.5, 0.6) is 0 Å². The maximum absolute atomic E-state index is 8.81. The molecule has 0 radical (unpaired) electrons. The third-order valence-corrected chi connectivity index (χ3v) is 2.60. The SMILES string of the molecule is C/C(=C\CO)c1ccc(C(C)(C)C)cc1.CC. The number of hydrogen-bond donors (Lipinski definition) is 1. The average molecular weight is 234 g/mol. The van der Waals surface area contributed by atoms with Crippen molar-refractivity contribution in [3.05, 3.63) is 41.5 Å². The van der Waals surface area contributed by atoms with Crippen molar-refractivity contribution >= 4 is 5.57 Å². The van der Waals surface area contributed by atoms with Crippen molar-refractivity contribution in [2.75, 3.05) is 6.61 Å². The highest BCUT2D eigenvalue weighted by Gasteiger charge is 2.12. The molecule has 0 saturated heterocycles. The Kier molecular flexibility index (Phi) is 6.82. The number of hydrogen-bond acceptors (Lipinski definition) is 1. The minimum absolute atomic E-state index is 0.104. The molecule has 0 aliphatic heterocycles. The van der Waals surface area contributed by atoms with Gasteiger partial charge in [-0.05, 0) is 29.0 Å². The first kappa shape index (κ1) is 15.9. The standard InChI is InChI=1S/C14H20O.C2H6/c1-11(9-10-15)12-5-7-13(8-6-12)14(2,3)4;1-2/h5-9,15H,10H2,1-4H3;1-2H3/b11-9+;. The Balaban J connectivity index is 0.00000121. The number of aliphatic hydroxyl groups is 1. The Labute approximate surface area is 106 Å². The molecule has 0 amide bonds. The van der Waals surface area contributed by atoms with Crippen molar-refractivity contribution in [1.82, 2.24) is 0 Å². The Bertz CT molecular complexity index is 339. The lowest BCUT2D eigenvalue weighted by molar-refractivity contribution is 0.343. The second-order valence-electron chi connectivity index (χ2n) is 4.90. The van der Waals surface area contributed by atoms with E-state index in [1.807, 2.05) is 26.8 Å². The van der Waals surface area contributed by atoms with Crippen LogP contribution in [0, 0.1) is 0 Å². The van der Waals surface area contributed by atoms with Crippen LogP contribution in [-0.2, 0) is 5.41 Å². The van der Waals surface area contributed by atoms with E-state index in [1.165, 1.54) is 11.1 Å². The number of aliphatic hydroxyl groups excluding tert-OH is 1. The second-order valence-corrected chi connectivity index (χ2v) is 4.90. The molecule has 1 heteroatoms. The van der Waals surface area contributed by atoms with Gasteiger partial charge in [0.25, 0.3) is 0 Å². The predicted octanol–water partition coefficient (Wildman–Crippen LogP) is 4.41. The maximum atomic E-state index is 8.81. The van der Waals surface area contributed by atoms with Crippen molar-refractivity contribution < 1.29 is 5.11 Å². The number of benzene rings is 1. The normalized spacial score (nSPS) is 11.8. The van der Waals surface area contributed by atoms with Gasteiger partial charge in [-0.3, -0.25) is 0 Å². The molecule has 17 heavy (non-hydrogen) atoms. The van der Waals surface area contributed by atoms with E-state index in [1.54, 1.807) is 0 Å². The van der Waals surface area contributed by atoms with Gasteiger partial charge in [-0.25, -0.2) is 0 Å². The molecule has 1 aromatic carbocycles. The summed E-state index contributed by atoms with van der Waals surface area (Å²) < 4.78 is 0. The molecule has 1 rings (SSSR count). The molecule has 0 fully saturated rings. The number of allylic oxidation sites excluding steroid dienone is 1. The zero-order valence-corrected chi connectivity index (χ0v) is 12.0. The summed E-state index contributed by atoms with van der Waals surface area (Å²) in [6, 6.07) is 8.54. The lowest BCUT2D eigenvalue weighted by atomic mass is 9.86. The van der Waals surface area contributed by atoms with Crippen molar-refractivity contribution in [2.45, 2.75) is 47.0 Å². The van der Waals surface area contributed by atoms with Crippen LogP contribution in [0.1, 0.15) is 52.7 Å². The van der Waals surface area contributed by atoms with Gasteiger partial charge in [0.1, 0.15) is 0 Å². The minimum atomic E-state index is 0.104. The summed E-state index contributed by atoms with van der Waals surface area (Å²) in [6.07, 6.45) is 1.83. The molecule has 0 saturated carbocycles. The monoisotopic (exact) mass is 234 g/mol. The average Bonchev–Trinajstić information content (AvgIpc) is 2.31. The van der Waals surface area contributed by atoms with Gasteiger partial charge in [-0.1, -0.05) is 65.0 Å². The Hall–Kier alpha value is -1.08. The van der Waals surface area contributed by atoms with Crippen LogP contribution < -0.4 is 0 Å². The Morgan fingerprint density at radius 1 is 1.12 bits per heavy atom. The minimum Gasteiger partial charge on any atom is -0.392 e. The molecule has 1 nitrogen and oxygen atoms in total. The van der Waals surface area contributed by atoms with E-state index in [9.17, 15) is 0 Å². The molecular formula is C16H26O. The topological polar surface area (TPSA) is 20.2 Å². The molecule has 1 N–H and O–H groups in total. The van der Waals surface area contributed by atoms with Gasteiger partial charge in [-0.15, -0.1) is 0 Å². The summed E-state index contributed by atoms with van der Waals surface area (Å²) in [5.74, 6) is 0. The molecular weight excluding hydrogens is 208 g/mol. The first-order chi connectivity index (χ1) is 7.95. The van der Waals surface area contributed by atoms with Crippen molar-refractivity contribution in [3.63, 3.8) is 0 Å². The second kappa shape index (κ2) is 7.29. The lowest BCUT2D eigenvalue weighted by Gasteiger charge is -2.19. The molecule has 0 heterocycles. The van der Waals surface area contributed by atoms with Crippen LogP contribution >= 0.6 is 0 Å². The van der Waals surface area contributed by atoms with Gasteiger partial charge in [0.15, 0.2) is 0 Å². The van der Waals surface area contributed by atoms with Crippen molar-refractivity contribution in [1.29, 1.82) is 0 Å².